The Morgan fingerprint density at radius 3 is 2.14 bits per heavy atom. The molecule has 0 spiro atoms. The Bertz CT molecular complexity index is 570. The number of nitrogens with one attached hydrogen (secondary N) is 1. The summed E-state index contributed by atoms with van der Waals surface area (Å²) in [7, 11) is -3.11. The molecule has 1 aliphatic rings. The predicted molar refractivity (Wildman–Crippen MR) is 88.4 cm³/mol. The molecule has 2 atom stereocenters. The van der Waals surface area contributed by atoms with Gasteiger partial charge in [0.05, 0.1) is 4.90 Å². The first kappa shape index (κ1) is 16.3. The summed E-state index contributed by atoms with van der Waals surface area (Å²) in [5.41, 5.74) is 1.31. The molecule has 2 rings (SSSR count). The van der Waals surface area contributed by atoms with Gasteiger partial charge in [-0.2, -0.15) is 0 Å². The van der Waals surface area contributed by atoms with E-state index in [2.05, 4.69) is 26.1 Å². The largest absolute Gasteiger partial charge is 0.382 e. The molecule has 1 aromatic rings. The quantitative estimate of drug-likeness (QED) is 0.914. The second-order valence-electron chi connectivity index (χ2n) is 7.30. The van der Waals surface area contributed by atoms with E-state index in [4.69, 9.17) is 0 Å². The number of rotatable bonds is 3. The van der Waals surface area contributed by atoms with E-state index in [0.29, 0.717) is 22.3 Å². The lowest BCUT2D eigenvalue weighted by Gasteiger charge is -2.41. The van der Waals surface area contributed by atoms with Gasteiger partial charge in [0.25, 0.3) is 0 Å². The zero-order valence-electron chi connectivity index (χ0n) is 13.5. The molecular weight excluding hydrogens is 282 g/mol. The van der Waals surface area contributed by atoms with Crippen molar-refractivity contribution in [2.24, 2.45) is 11.3 Å². The van der Waals surface area contributed by atoms with E-state index in [9.17, 15) is 8.42 Å². The first-order valence-corrected chi connectivity index (χ1v) is 9.64. The fraction of sp³-hybridized carbons (Fsp3) is 0.647. The molecule has 0 aliphatic heterocycles. The monoisotopic (exact) mass is 309 g/mol. The summed E-state index contributed by atoms with van der Waals surface area (Å²) in [6.45, 7) is 6.93. The van der Waals surface area contributed by atoms with Crippen molar-refractivity contribution in [2.75, 3.05) is 11.6 Å². The molecule has 3 nitrogen and oxygen atoms in total. The topological polar surface area (TPSA) is 46.2 Å². The van der Waals surface area contributed by atoms with E-state index in [1.54, 1.807) is 12.1 Å². The number of hydrogen-bond acceptors (Lipinski definition) is 3. The first-order chi connectivity index (χ1) is 9.68. The molecular formula is C17H27NO2S. The minimum atomic E-state index is -3.11. The predicted octanol–water partition coefficient (Wildman–Crippen LogP) is 4.11. The van der Waals surface area contributed by atoms with Crippen molar-refractivity contribution in [3.63, 3.8) is 0 Å². The van der Waals surface area contributed by atoms with Crippen LogP contribution in [-0.4, -0.2) is 20.7 Å². The zero-order chi connectivity index (χ0) is 15.7. The summed E-state index contributed by atoms with van der Waals surface area (Å²) in [6, 6.07) is 7.61. The van der Waals surface area contributed by atoms with Gasteiger partial charge in [0.15, 0.2) is 9.84 Å². The summed E-state index contributed by atoms with van der Waals surface area (Å²) >= 11 is 0. The maximum Gasteiger partial charge on any atom is 0.175 e. The Labute approximate surface area is 129 Å². The molecule has 1 aliphatic carbocycles. The van der Waals surface area contributed by atoms with Crippen LogP contribution in [0.15, 0.2) is 29.2 Å². The molecule has 1 N–H and O–H groups in total. The normalized spacial score (nSPS) is 23.8. The van der Waals surface area contributed by atoms with E-state index in [-0.39, 0.29) is 0 Å². The highest BCUT2D eigenvalue weighted by Crippen LogP contribution is 2.39. The van der Waals surface area contributed by atoms with Crippen LogP contribution < -0.4 is 5.32 Å². The summed E-state index contributed by atoms with van der Waals surface area (Å²) < 4.78 is 23.0. The van der Waals surface area contributed by atoms with Gasteiger partial charge in [-0.25, -0.2) is 8.42 Å². The summed E-state index contributed by atoms with van der Waals surface area (Å²) in [4.78, 5) is 0.379. The van der Waals surface area contributed by atoms with Crippen molar-refractivity contribution in [1.82, 2.24) is 0 Å². The molecule has 0 bridgehead atoms. The zero-order valence-corrected chi connectivity index (χ0v) is 14.3. The molecule has 1 saturated carbocycles. The third-order valence-electron chi connectivity index (χ3n) is 4.51. The molecule has 0 saturated heterocycles. The summed E-state index contributed by atoms with van der Waals surface area (Å²) in [6.07, 6.45) is 6.28. The van der Waals surface area contributed by atoms with Gasteiger partial charge >= 0.3 is 0 Å². The van der Waals surface area contributed by atoms with Gasteiger partial charge in [0.1, 0.15) is 0 Å². The van der Waals surface area contributed by atoms with Crippen LogP contribution in [0.1, 0.15) is 46.5 Å². The van der Waals surface area contributed by atoms with E-state index in [1.165, 1.54) is 31.9 Å². The maximum absolute atomic E-state index is 11.5. The van der Waals surface area contributed by atoms with Crippen LogP contribution in [0.4, 0.5) is 5.69 Å². The molecule has 0 amide bonds. The van der Waals surface area contributed by atoms with E-state index in [0.717, 1.165) is 5.69 Å². The molecule has 2 unspecified atom stereocenters. The lowest BCUT2D eigenvalue weighted by Crippen LogP contribution is -2.39. The fourth-order valence-electron chi connectivity index (χ4n) is 3.35. The first-order valence-electron chi connectivity index (χ1n) is 7.74. The van der Waals surface area contributed by atoms with Gasteiger partial charge in [-0.1, -0.05) is 33.6 Å². The SMILES string of the molecule is CC(C)(C)C1CCCCC1Nc1ccc(S(C)(=O)=O)cc1. The molecule has 118 valence electrons. The van der Waals surface area contributed by atoms with Gasteiger partial charge in [-0.05, 0) is 48.4 Å². The van der Waals surface area contributed by atoms with Crippen LogP contribution in [0.3, 0.4) is 0 Å². The number of sulfone groups is 1. The van der Waals surface area contributed by atoms with Gasteiger partial charge in [-0.15, -0.1) is 0 Å². The average molecular weight is 309 g/mol. The molecule has 0 aromatic heterocycles. The van der Waals surface area contributed by atoms with E-state index < -0.39 is 9.84 Å². The van der Waals surface area contributed by atoms with Crippen molar-refractivity contribution in [3.8, 4) is 0 Å². The van der Waals surface area contributed by atoms with Gasteiger partial charge < -0.3 is 5.32 Å². The second-order valence-corrected chi connectivity index (χ2v) is 9.32. The van der Waals surface area contributed by atoms with Crippen molar-refractivity contribution < 1.29 is 8.42 Å². The van der Waals surface area contributed by atoms with E-state index >= 15 is 0 Å². The van der Waals surface area contributed by atoms with Crippen molar-refractivity contribution in [3.05, 3.63) is 24.3 Å². The molecule has 1 fully saturated rings. The lowest BCUT2D eigenvalue weighted by atomic mass is 9.69. The maximum atomic E-state index is 11.5. The number of hydrogen-bond donors (Lipinski definition) is 1. The molecule has 0 heterocycles. The molecule has 21 heavy (non-hydrogen) atoms. The van der Waals surface area contributed by atoms with Crippen LogP contribution in [0.5, 0.6) is 0 Å². The lowest BCUT2D eigenvalue weighted by molar-refractivity contribution is 0.163. The minimum Gasteiger partial charge on any atom is -0.382 e. The Kier molecular flexibility index (Phi) is 4.66. The third-order valence-corrected chi connectivity index (χ3v) is 5.64. The van der Waals surface area contributed by atoms with Crippen molar-refractivity contribution in [1.29, 1.82) is 0 Å². The van der Waals surface area contributed by atoms with Crippen LogP contribution in [-0.2, 0) is 9.84 Å². The van der Waals surface area contributed by atoms with Crippen molar-refractivity contribution in [2.45, 2.75) is 57.4 Å². The number of anilines is 1. The van der Waals surface area contributed by atoms with Gasteiger partial charge in [0.2, 0.25) is 0 Å². The van der Waals surface area contributed by atoms with E-state index in [1.807, 2.05) is 12.1 Å². The highest BCUT2D eigenvalue weighted by Gasteiger charge is 2.33. The Morgan fingerprint density at radius 2 is 1.62 bits per heavy atom. The molecule has 1 aromatic carbocycles. The smallest absolute Gasteiger partial charge is 0.175 e. The fourth-order valence-corrected chi connectivity index (χ4v) is 3.98. The van der Waals surface area contributed by atoms with Crippen LogP contribution in [0, 0.1) is 11.3 Å². The van der Waals surface area contributed by atoms with Crippen molar-refractivity contribution >= 4 is 15.5 Å². The standard InChI is InChI=1S/C17H27NO2S/c1-17(2,3)15-7-5-6-8-16(15)18-13-9-11-14(12-10-13)21(4,19)20/h9-12,15-16,18H,5-8H2,1-4H3. The highest BCUT2D eigenvalue weighted by molar-refractivity contribution is 7.90. The third kappa shape index (κ3) is 4.22. The van der Waals surface area contributed by atoms with Gasteiger partial charge in [0, 0.05) is 18.0 Å². The average Bonchev–Trinajstić information content (AvgIpc) is 2.37. The van der Waals surface area contributed by atoms with Crippen LogP contribution in [0.2, 0.25) is 0 Å². The Balaban J connectivity index is 2.13. The van der Waals surface area contributed by atoms with Crippen LogP contribution >= 0.6 is 0 Å². The molecule has 4 heteroatoms. The Hall–Kier alpha value is -1.03. The second kappa shape index (κ2) is 5.99. The van der Waals surface area contributed by atoms with Crippen LogP contribution in [0.25, 0.3) is 0 Å². The number of benzene rings is 1. The minimum absolute atomic E-state index is 0.296. The summed E-state index contributed by atoms with van der Waals surface area (Å²) in [5, 5.41) is 3.62. The van der Waals surface area contributed by atoms with Gasteiger partial charge in [-0.3, -0.25) is 0 Å². The molecule has 0 radical (unpaired) electrons. The summed E-state index contributed by atoms with van der Waals surface area (Å²) in [5.74, 6) is 0.654. The Morgan fingerprint density at radius 1 is 1.05 bits per heavy atom. The highest BCUT2D eigenvalue weighted by atomic mass is 32.2.